The largest absolute Gasteiger partial charge is 0.486 e. The summed E-state index contributed by atoms with van der Waals surface area (Å²) in [5.41, 5.74) is 1.13. The van der Waals surface area contributed by atoms with Crippen LogP contribution in [0.1, 0.15) is 57.4 Å². The Hall–Kier alpha value is -1.75. The lowest BCUT2D eigenvalue weighted by Gasteiger charge is -2.34. The topological polar surface area (TPSA) is 42.0 Å². The number of fused-ring (bicyclic) bond motifs is 1. The van der Waals surface area contributed by atoms with E-state index in [1.54, 1.807) is 0 Å². The summed E-state index contributed by atoms with van der Waals surface area (Å²) >= 11 is 0. The molecule has 154 valence electrons. The maximum absolute atomic E-state index is 13.4. The fourth-order valence-corrected chi connectivity index (χ4v) is 5.02. The Morgan fingerprint density at radius 1 is 1.07 bits per heavy atom. The van der Waals surface area contributed by atoms with Crippen molar-refractivity contribution in [2.24, 2.45) is 5.92 Å². The molecule has 0 radical (unpaired) electrons. The summed E-state index contributed by atoms with van der Waals surface area (Å²) in [6.45, 7) is 7.17. The molecule has 0 unspecified atom stereocenters. The van der Waals surface area contributed by atoms with Crippen LogP contribution >= 0.6 is 0 Å². The van der Waals surface area contributed by atoms with Gasteiger partial charge in [0, 0.05) is 25.0 Å². The van der Waals surface area contributed by atoms with Gasteiger partial charge in [0.25, 0.3) is 0 Å². The van der Waals surface area contributed by atoms with E-state index in [0.29, 0.717) is 31.7 Å². The summed E-state index contributed by atoms with van der Waals surface area (Å²) < 4.78 is 11.4. The quantitative estimate of drug-likeness (QED) is 0.745. The zero-order valence-electron chi connectivity index (χ0n) is 17.2. The van der Waals surface area contributed by atoms with Crippen LogP contribution in [-0.2, 0) is 11.3 Å². The van der Waals surface area contributed by atoms with E-state index in [9.17, 15) is 4.79 Å². The highest BCUT2D eigenvalue weighted by molar-refractivity contribution is 5.79. The average molecular weight is 387 g/mol. The van der Waals surface area contributed by atoms with Crippen molar-refractivity contribution in [1.82, 2.24) is 9.80 Å². The molecule has 5 nitrogen and oxygen atoms in total. The SMILES string of the molecule is CCN1CCC[C@@H]1CN(Cc1ccc2c(c1)OCCO2)C(=O)C1CCCCC1. The third-order valence-electron chi connectivity index (χ3n) is 6.58. The number of likely N-dealkylation sites (N-methyl/N-ethyl adjacent to an activating group) is 1. The minimum absolute atomic E-state index is 0.211. The van der Waals surface area contributed by atoms with Crippen LogP contribution in [-0.4, -0.2) is 54.6 Å². The Kier molecular flexibility index (Phi) is 6.40. The van der Waals surface area contributed by atoms with Crippen LogP contribution in [0, 0.1) is 5.92 Å². The first-order valence-electron chi connectivity index (χ1n) is 11.2. The van der Waals surface area contributed by atoms with Gasteiger partial charge in [-0.05, 0) is 56.5 Å². The van der Waals surface area contributed by atoms with Crippen LogP contribution < -0.4 is 9.47 Å². The van der Waals surface area contributed by atoms with Crippen molar-refractivity contribution in [3.8, 4) is 11.5 Å². The Morgan fingerprint density at radius 3 is 2.64 bits per heavy atom. The van der Waals surface area contributed by atoms with Crippen molar-refractivity contribution in [2.75, 3.05) is 32.8 Å². The lowest BCUT2D eigenvalue weighted by Crippen LogP contribution is -2.45. The lowest BCUT2D eigenvalue weighted by atomic mass is 9.88. The molecule has 2 fully saturated rings. The maximum atomic E-state index is 13.4. The van der Waals surface area contributed by atoms with Crippen molar-refractivity contribution in [3.63, 3.8) is 0 Å². The number of hydrogen-bond donors (Lipinski definition) is 0. The second kappa shape index (κ2) is 9.17. The zero-order valence-corrected chi connectivity index (χ0v) is 17.2. The number of benzene rings is 1. The first-order valence-corrected chi connectivity index (χ1v) is 11.2. The Balaban J connectivity index is 1.50. The summed E-state index contributed by atoms with van der Waals surface area (Å²) in [6, 6.07) is 6.62. The summed E-state index contributed by atoms with van der Waals surface area (Å²) in [7, 11) is 0. The van der Waals surface area contributed by atoms with Crippen molar-refractivity contribution in [2.45, 2.75) is 64.5 Å². The number of rotatable bonds is 6. The molecule has 4 rings (SSSR count). The summed E-state index contributed by atoms with van der Waals surface area (Å²) in [5, 5.41) is 0. The number of hydrogen-bond acceptors (Lipinski definition) is 4. The molecule has 1 aromatic carbocycles. The molecular weight excluding hydrogens is 352 g/mol. The van der Waals surface area contributed by atoms with Crippen LogP contribution in [0.5, 0.6) is 11.5 Å². The Labute approximate surface area is 169 Å². The summed E-state index contributed by atoms with van der Waals surface area (Å²) in [6.07, 6.45) is 8.21. The molecule has 1 atom stereocenters. The zero-order chi connectivity index (χ0) is 19.3. The number of carbonyl (C=O) groups excluding carboxylic acids is 1. The molecule has 5 heteroatoms. The van der Waals surface area contributed by atoms with Crippen LogP contribution in [0.15, 0.2) is 18.2 Å². The predicted molar refractivity (Wildman–Crippen MR) is 110 cm³/mol. The Bertz CT molecular complexity index is 672. The van der Waals surface area contributed by atoms with Gasteiger partial charge in [-0.3, -0.25) is 9.69 Å². The van der Waals surface area contributed by atoms with Crippen molar-refractivity contribution in [1.29, 1.82) is 0 Å². The third-order valence-corrected chi connectivity index (χ3v) is 6.58. The molecule has 2 heterocycles. The first kappa shape index (κ1) is 19.6. The Morgan fingerprint density at radius 2 is 1.86 bits per heavy atom. The maximum Gasteiger partial charge on any atom is 0.226 e. The van der Waals surface area contributed by atoms with Gasteiger partial charge >= 0.3 is 0 Å². The number of ether oxygens (including phenoxy) is 2. The van der Waals surface area contributed by atoms with Crippen molar-refractivity contribution < 1.29 is 14.3 Å². The van der Waals surface area contributed by atoms with E-state index in [1.165, 1.54) is 32.1 Å². The van der Waals surface area contributed by atoms with Crippen LogP contribution in [0.3, 0.4) is 0 Å². The van der Waals surface area contributed by atoms with Gasteiger partial charge in [-0.1, -0.05) is 32.3 Å². The second-order valence-electron chi connectivity index (χ2n) is 8.46. The van der Waals surface area contributed by atoms with Gasteiger partial charge < -0.3 is 14.4 Å². The highest BCUT2D eigenvalue weighted by Crippen LogP contribution is 2.32. The van der Waals surface area contributed by atoms with Gasteiger partial charge in [0.05, 0.1) is 0 Å². The molecule has 1 saturated carbocycles. The minimum Gasteiger partial charge on any atom is -0.486 e. The fraction of sp³-hybridized carbons (Fsp3) is 0.696. The molecular formula is C23H34N2O3. The second-order valence-corrected chi connectivity index (χ2v) is 8.46. The molecule has 1 amide bonds. The van der Waals surface area contributed by atoms with E-state index in [0.717, 1.165) is 49.5 Å². The molecule has 0 N–H and O–H groups in total. The molecule has 28 heavy (non-hydrogen) atoms. The molecule has 0 bridgehead atoms. The molecule has 1 aliphatic carbocycles. The average Bonchev–Trinajstić information content (AvgIpc) is 3.20. The lowest BCUT2D eigenvalue weighted by molar-refractivity contribution is -0.138. The van der Waals surface area contributed by atoms with Gasteiger partial charge in [0.15, 0.2) is 11.5 Å². The number of likely N-dealkylation sites (tertiary alicyclic amines) is 1. The van der Waals surface area contributed by atoms with E-state index in [4.69, 9.17) is 9.47 Å². The van der Waals surface area contributed by atoms with E-state index >= 15 is 0 Å². The monoisotopic (exact) mass is 386 g/mol. The van der Waals surface area contributed by atoms with Gasteiger partial charge in [-0.15, -0.1) is 0 Å². The van der Waals surface area contributed by atoms with Crippen LogP contribution in [0.4, 0.5) is 0 Å². The number of nitrogens with zero attached hydrogens (tertiary/aromatic N) is 2. The molecule has 0 aromatic heterocycles. The molecule has 3 aliphatic rings. The van der Waals surface area contributed by atoms with E-state index < -0.39 is 0 Å². The first-order chi connectivity index (χ1) is 13.7. The predicted octanol–water partition coefficient (Wildman–Crippen LogP) is 3.85. The molecule has 1 saturated heterocycles. The summed E-state index contributed by atoms with van der Waals surface area (Å²) in [5.74, 6) is 2.19. The smallest absolute Gasteiger partial charge is 0.226 e. The highest BCUT2D eigenvalue weighted by Gasteiger charge is 2.31. The third kappa shape index (κ3) is 4.45. The van der Waals surface area contributed by atoms with E-state index in [2.05, 4.69) is 28.9 Å². The van der Waals surface area contributed by atoms with Crippen LogP contribution in [0.2, 0.25) is 0 Å². The van der Waals surface area contributed by atoms with Gasteiger partial charge in [0.2, 0.25) is 5.91 Å². The minimum atomic E-state index is 0.211. The van der Waals surface area contributed by atoms with Gasteiger partial charge in [-0.2, -0.15) is 0 Å². The van der Waals surface area contributed by atoms with E-state index in [-0.39, 0.29) is 5.92 Å². The number of carbonyl (C=O) groups is 1. The van der Waals surface area contributed by atoms with Crippen LogP contribution in [0.25, 0.3) is 0 Å². The molecule has 1 aromatic rings. The normalized spacial score (nSPS) is 23.0. The summed E-state index contributed by atoms with van der Waals surface area (Å²) in [4.78, 5) is 18.1. The van der Waals surface area contributed by atoms with E-state index in [1.807, 2.05) is 6.07 Å². The van der Waals surface area contributed by atoms with Gasteiger partial charge in [-0.25, -0.2) is 0 Å². The highest BCUT2D eigenvalue weighted by atomic mass is 16.6. The van der Waals surface area contributed by atoms with Gasteiger partial charge in [0.1, 0.15) is 13.2 Å². The number of amides is 1. The molecule has 2 aliphatic heterocycles. The molecule has 0 spiro atoms. The van der Waals surface area contributed by atoms with Crippen molar-refractivity contribution in [3.05, 3.63) is 23.8 Å². The van der Waals surface area contributed by atoms with Crippen molar-refractivity contribution >= 4 is 5.91 Å². The standard InChI is InChI=1S/C23H34N2O3/c1-2-24-12-6-9-20(24)17-25(23(26)19-7-4-3-5-8-19)16-18-10-11-21-22(15-18)28-14-13-27-21/h10-11,15,19-20H,2-9,12-14,16-17H2,1H3/t20-/m1/s1. The fourth-order valence-electron chi connectivity index (χ4n) is 5.02.